The molecule has 0 aromatic heterocycles. The third kappa shape index (κ3) is 2.05. The summed E-state index contributed by atoms with van der Waals surface area (Å²) in [5.41, 5.74) is 0. The van der Waals surface area contributed by atoms with Crippen LogP contribution < -0.4 is 5.32 Å². The van der Waals surface area contributed by atoms with Crippen LogP contribution in [0.1, 0.15) is 12.8 Å². The Labute approximate surface area is 61.7 Å². The van der Waals surface area contributed by atoms with Gasteiger partial charge in [0, 0.05) is 0 Å². The molecule has 0 saturated carbocycles. The smallest absolute Gasteiger partial charge is 0.305 e. The Balaban J connectivity index is 2.46. The highest BCUT2D eigenvalue weighted by atomic mass is 19.4. The van der Waals surface area contributed by atoms with Gasteiger partial charge in [-0.2, -0.15) is 13.2 Å². The van der Waals surface area contributed by atoms with Crippen molar-refractivity contribution in [3.05, 3.63) is 0 Å². The summed E-state index contributed by atoms with van der Waals surface area (Å²) in [6, 6.07) is 0. The van der Waals surface area contributed by atoms with Gasteiger partial charge in [0.25, 0.3) is 0 Å². The largest absolute Gasteiger partial charge is 0.484 e. The molecule has 0 amide bonds. The second kappa shape index (κ2) is 2.96. The van der Waals surface area contributed by atoms with Crippen molar-refractivity contribution in [1.82, 2.24) is 10.4 Å². The quantitative estimate of drug-likeness (QED) is 0.453. The van der Waals surface area contributed by atoms with Gasteiger partial charge in [-0.1, -0.05) is 5.06 Å². The van der Waals surface area contributed by atoms with E-state index in [1.165, 1.54) is 0 Å². The first kappa shape index (κ1) is 8.76. The Hall–Kier alpha value is -0.330. The van der Waals surface area contributed by atoms with Gasteiger partial charge in [-0.15, -0.1) is 0 Å². The maximum Gasteiger partial charge on any atom is 0.484 e. The van der Waals surface area contributed by atoms with Crippen LogP contribution in [0.3, 0.4) is 0 Å². The van der Waals surface area contributed by atoms with Gasteiger partial charge in [-0.05, 0) is 19.4 Å². The van der Waals surface area contributed by atoms with E-state index in [4.69, 9.17) is 5.21 Å². The van der Waals surface area contributed by atoms with Gasteiger partial charge >= 0.3 is 6.30 Å². The standard InChI is InChI=1S/C5H9F3N2O/c6-5(7,8)10(11)4-2-1-3-9-4/h4,9,11H,1-3H2/t4-/m0/s1. The maximum atomic E-state index is 11.7. The molecule has 6 heteroatoms. The SMILES string of the molecule is ON([C@H]1CCCN1)C(F)(F)F. The highest BCUT2D eigenvalue weighted by molar-refractivity contribution is 4.71. The molecule has 0 aliphatic carbocycles. The van der Waals surface area contributed by atoms with E-state index in [2.05, 4.69) is 5.32 Å². The Morgan fingerprint density at radius 3 is 2.45 bits per heavy atom. The van der Waals surface area contributed by atoms with Crippen LogP contribution in [-0.4, -0.2) is 29.3 Å². The third-order valence-electron chi connectivity index (χ3n) is 1.59. The number of hydrogen-bond donors (Lipinski definition) is 2. The van der Waals surface area contributed by atoms with E-state index >= 15 is 0 Å². The first-order valence-corrected chi connectivity index (χ1v) is 3.30. The minimum Gasteiger partial charge on any atom is -0.305 e. The lowest BCUT2D eigenvalue weighted by molar-refractivity contribution is -0.369. The molecule has 1 fully saturated rings. The van der Waals surface area contributed by atoms with Crippen LogP contribution >= 0.6 is 0 Å². The Bertz CT molecular complexity index is 132. The zero-order chi connectivity index (χ0) is 8.48. The minimum atomic E-state index is -4.65. The molecule has 11 heavy (non-hydrogen) atoms. The average molecular weight is 170 g/mol. The zero-order valence-electron chi connectivity index (χ0n) is 5.73. The lowest BCUT2D eigenvalue weighted by Crippen LogP contribution is -2.47. The van der Waals surface area contributed by atoms with Gasteiger partial charge in [-0.3, -0.25) is 5.32 Å². The number of halogens is 3. The number of alkyl halides is 3. The number of hydrogen-bond acceptors (Lipinski definition) is 3. The average Bonchev–Trinajstić information content (AvgIpc) is 2.34. The van der Waals surface area contributed by atoms with Crippen LogP contribution in [0.4, 0.5) is 13.2 Å². The summed E-state index contributed by atoms with van der Waals surface area (Å²) in [7, 11) is 0. The Morgan fingerprint density at radius 1 is 1.45 bits per heavy atom. The molecule has 0 unspecified atom stereocenters. The predicted molar refractivity (Wildman–Crippen MR) is 30.7 cm³/mol. The first-order valence-electron chi connectivity index (χ1n) is 3.30. The van der Waals surface area contributed by atoms with Crippen molar-refractivity contribution < 1.29 is 18.4 Å². The fourth-order valence-electron chi connectivity index (χ4n) is 1.05. The zero-order valence-corrected chi connectivity index (χ0v) is 5.73. The summed E-state index contributed by atoms with van der Waals surface area (Å²) >= 11 is 0. The number of nitrogens with one attached hydrogen (secondary N) is 1. The molecule has 0 bridgehead atoms. The molecule has 0 spiro atoms. The maximum absolute atomic E-state index is 11.7. The highest BCUT2D eigenvalue weighted by Crippen LogP contribution is 2.23. The lowest BCUT2D eigenvalue weighted by atomic mass is 10.3. The number of rotatable bonds is 1. The van der Waals surface area contributed by atoms with Gasteiger partial charge in [0.2, 0.25) is 0 Å². The molecule has 1 rings (SSSR count). The normalized spacial score (nSPS) is 26.5. The van der Waals surface area contributed by atoms with E-state index < -0.39 is 17.5 Å². The third-order valence-corrected chi connectivity index (χ3v) is 1.59. The molecule has 0 aromatic carbocycles. The molecule has 3 nitrogen and oxygen atoms in total. The summed E-state index contributed by atoms with van der Waals surface area (Å²) in [5.74, 6) is 0. The van der Waals surface area contributed by atoms with Crippen molar-refractivity contribution in [3.8, 4) is 0 Å². The van der Waals surface area contributed by atoms with Crippen LogP contribution in [0, 0.1) is 0 Å². The Morgan fingerprint density at radius 2 is 2.09 bits per heavy atom. The minimum absolute atomic E-state index is 0.329. The van der Waals surface area contributed by atoms with Crippen molar-refractivity contribution in [2.45, 2.75) is 25.3 Å². The number of hydroxylamine groups is 2. The summed E-state index contributed by atoms with van der Waals surface area (Å²) in [6.07, 6.45) is -4.62. The highest BCUT2D eigenvalue weighted by Gasteiger charge is 2.42. The monoisotopic (exact) mass is 170 g/mol. The fourth-order valence-corrected chi connectivity index (χ4v) is 1.05. The van der Waals surface area contributed by atoms with Gasteiger partial charge in [0.15, 0.2) is 0 Å². The molecular weight excluding hydrogens is 161 g/mol. The summed E-state index contributed by atoms with van der Waals surface area (Å²) in [4.78, 5) is 0. The van der Waals surface area contributed by atoms with Crippen LogP contribution in [0.25, 0.3) is 0 Å². The molecular formula is C5H9F3N2O. The van der Waals surface area contributed by atoms with Crippen molar-refractivity contribution in [3.63, 3.8) is 0 Å². The van der Waals surface area contributed by atoms with E-state index in [0.717, 1.165) is 0 Å². The Kier molecular flexibility index (Phi) is 2.36. The molecule has 0 radical (unpaired) electrons. The van der Waals surface area contributed by atoms with E-state index in [0.29, 0.717) is 19.4 Å². The molecule has 1 saturated heterocycles. The van der Waals surface area contributed by atoms with E-state index in [9.17, 15) is 13.2 Å². The second-order valence-electron chi connectivity index (χ2n) is 2.42. The molecule has 1 aliphatic rings. The lowest BCUT2D eigenvalue weighted by Gasteiger charge is -2.23. The van der Waals surface area contributed by atoms with Crippen molar-refractivity contribution in [2.75, 3.05) is 6.54 Å². The fraction of sp³-hybridized carbons (Fsp3) is 1.00. The van der Waals surface area contributed by atoms with Gasteiger partial charge < -0.3 is 5.21 Å². The van der Waals surface area contributed by atoms with Crippen molar-refractivity contribution in [2.24, 2.45) is 0 Å². The first-order chi connectivity index (χ1) is 5.02. The van der Waals surface area contributed by atoms with E-state index in [1.807, 2.05) is 0 Å². The van der Waals surface area contributed by atoms with Gasteiger partial charge in [0.1, 0.15) is 0 Å². The summed E-state index contributed by atoms with van der Waals surface area (Å²) < 4.78 is 35.2. The molecule has 1 aliphatic heterocycles. The topological polar surface area (TPSA) is 35.5 Å². The number of nitrogens with zero attached hydrogens (tertiary/aromatic N) is 1. The summed E-state index contributed by atoms with van der Waals surface area (Å²) in [5, 5.41) is 10.5. The molecule has 1 atom stereocenters. The van der Waals surface area contributed by atoms with E-state index in [1.54, 1.807) is 0 Å². The predicted octanol–water partition coefficient (Wildman–Crippen LogP) is 0.907. The van der Waals surface area contributed by atoms with Crippen LogP contribution in [0.2, 0.25) is 0 Å². The van der Waals surface area contributed by atoms with Gasteiger partial charge in [-0.25, -0.2) is 0 Å². The second-order valence-corrected chi connectivity index (χ2v) is 2.42. The molecule has 0 aromatic rings. The molecule has 66 valence electrons. The van der Waals surface area contributed by atoms with Crippen LogP contribution in [-0.2, 0) is 0 Å². The van der Waals surface area contributed by atoms with Crippen molar-refractivity contribution >= 4 is 0 Å². The van der Waals surface area contributed by atoms with Crippen LogP contribution in [0.5, 0.6) is 0 Å². The molecule has 1 heterocycles. The van der Waals surface area contributed by atoms with Crippen molar-refractivity contribution in [1.29, 1.82) is 0 Å². The van der Waals surface area contributed by atoms with Gasteiger partial charge in [0.05, 0.1) is 6.17 Å². The van der Waals surface area contributed by atoms with Crippen LogP contribution in [0.15, 0.2) is 0 Å². The van der Waals surface area contributed by atoms with E-state index in [-0.39, 0.29) is 0 Å². The molecule has 2 N–H and O–H groups in total. The summed E-state index contributed by atoms with van der Waals surface area (Å²) in [6.45, 7) is 0.526.